The fourth-order valence-corrected chi connectivity index (χ4v) is 4.83. The minimum atomic E-state index is -0.390. The number of fused-ring (bicyclic) bond motifs is 1. The summed E-state index contributed by atoms with van der Waals surface area (Å²) < 4.78 is 5.52. The molecule has 1 heterocycles. The highest BCUT2D eigenvalue weighted by atomic mass is 16.5. The fraction of sp³-hybridized carbons (Fsp3) is 0.609. The second kappa shape index (κ2) is 8.35. The lowest BCUT2D eigenvalue weighted by Gasteiger charge is -2.29. The van der Waals surface area contributed by atoms with Crippen molar-refractivity contribution < 1.29 is 14.6 Å². The molecule has 4 nitrogen and oxygen atoms in total. The van der Waals surface area contributed by atoms with Gasteiger partial charge in [0.2, 0.25) is 0 Å². The summed E-state index contributed by atoms with van der Waals surface area (Å²) in [5.74, 6) is 7.76. The lowest BCUT2D eigenvalue weighted by molar-refractivity contribution is -0.145. The van der Waals surface area contributed by atoms with E-state index >= 15 is 0 Å². The normalized spacial score (nSPS) is 25.9. The van der Waals surface area contributed by atoms with E-state index in [9.17, 15) is 9.90 Å². The number of carbonyl (C=O) groups is 1. The first-order valence-corrected chi connectivity index (χ1v) is 10.3. The standard InChI is InChI=1S/C23H29NO3/c25-21-11-5-4-10-20(21)22(17-8-2-1-3-9-17)23(26)27-13-7-6-12-24-15-18-14-19(18)16-24/h4-5,10-11,17-19,22,25H,1-3,8-9,12-16H2/t18-,19+,22?. The summed E-state index contributed by atoms with van der Waals surface area (Å²) in [6.45, 7) is 3.26. The van der Waals surface area contributed by atoms with Crippen molar-refractivity contribution in [2.24, 2.45) is 17.8 Å². The van der Waals surface area contributed by atoms with Crippen LogP contribution in [0, 0.1) is 29.6 Å². The predicted molar refractivity (Wildman–Crippen MR) is 104 cm³/mol. The third kappa shape index (κ3) is 4.47. The monoisotopic (exact) mass is 367 g/mol. The van der Waals surface area contributed by atoms with Crippen molar-refractivity contribution in [2.75, 3.05) is 26.2 Å². The molecular weight excluding hydrogens is 338 g/mol. The van der Waals surface area contributed by atoms with Crippen LogP contribution in [-0.4, -0.2) is 42.2 Å². The smallest absolute Gasteiger partial charge is 0.314 e. The fourth-order valence-electron chi connectivity index (χ4n) is 4.83. The molecule has 4 rings (SSSR count). The predicted octanol–water partition coefficient (Wildman–Crippen LogP) is 3.55. The van der Waals surface area contributed by atoms with E-state index in [1.165, 1.54) is 25.9 Å². The zero-order valence-electron chi connectivity index (χ0n) is 15.9. The number of aromatic hydroxyl groups is 1. The first-order valence-electron chi connectivity index (χ1n) is 10.3. The maximum Gasteiger partial charge on any atom is 0.314 e. The Morgan fingerprint density at radius 1 is 1.15 bits per heavy atom. The Balaban J connectivity index is 1.34. The first kappa shape index (κ1) is 18.4. The molecule has 144 valence electrons. The number of phenols is 1. The molecule has 2 saturated carbocycles. The second-order valence-electron chi connectivity index (χ2n) is 8.35. The lowest BCUT2D eigenvalue weighted by Crippen LogP contribution is -2.26. The Morgan fingerprint density at radius 2 is 1.89 bits per heavy atom. The van der Waals surface area contributed by atoms with Crippen LogP contribution >= 0.6 is 0 Å². The van der Waals surface area contributed by atoms with E-state index in [0.717, 1.165) is 44.1 Å². The molecule has 1 N–H and O–H groups in total. The van der Waals surface area contributed by atoms with Crippen LogP contribution in [-0.2, 0) is 9.53 Å². The number of carbonyl (C=O) groups excluding carboxylic acids is 1. The number of ether oxygens (including phenoxy) is 1. The van der Waals surface area contributed by atoms with E-state index in [0.29, 0.717) is 5.56 Å². The molecule has 1 unspecified atom stereocenters. The molecule has 0 aromatic heterocycles. The molecular formula is C23H29NO3. The highest BCUT2D eigenvalue weighted by Gasteiger charge is 2.44. The van der Waals surface area contributed by atoms with Gasteiger partial charge in [-0.2, -0.15) is 0 Å². The third-order valence-corrected chi connectivity index (χ3v) is 6.42. The van der Waals surface area contributed by atoms with Crippen molar-refractivity contribution in [1.29, 1.82) is 0 Å². The van der Waals surface area contributed by atoms with Gasteiger partial charge >= 0.3 is 5.97 Å². The highest BCUT2D eigenvalue weighted by Crippen LogP contribution is 2.44. The molecule has 1 aromatic rings. The summed E-state index contributed by atoms with van der Waals surface area (Å²) in [4.78, 5) is 15.2. The third-order valence-electron chi connectivity index (χ3n) is 6.42. The molecule has 1 aromatic carbocycles. The quantitative estimate of drug-likeness (QED) is 0.639. The maximum absolute atomic E-state index is 12.9. The van der Waals surface area contributed by atoms with Crippen molar-refractivity contribution in [1.82, 2.24) is 4.90 Å². The molecule has 3 atom stereocenters. The number of piperidine rings is 1. The van der Waals surface area contributed by atoms with Gasteiger partial charge in [0.25, 0.3) is 0 Å². The number of nitrogens with zero attached hydrogens (tertiary/aromatic N) is 1. The van der Waals surface area contributed by atoms with Gasteiger partial charge in [-0.25, -0.2) is 0 Å². The number of hydrogen-bond acceptors (Lipinski definition) is 4. The maximum atomic E-state index is 12.9. The van der Waals surface area contributed by atoms with Crippen LogP contribution in [0.2, 0.25) is 0 Å². The number of esters is 1. The minimum absolute atomic E-state index is 0.135. The molecule has 0 amide bonds. The van der Waals surface area contributed by atoms with Gasteiger partial charge in [-0.15, -0.1) is 0 Å². The number of phenolic OH excluding ortho intramolecular Hbond substituents is 1. The minimum Gasteiger partial charge on any atom is -0.508 e. The molecule has 3 fully saturated rings. The molecule has 0 radical (unpaired) electrons. The van der Waals surface area contributed by atoms with Crippen molar-refractivity contribution in [3.63, 3.8) is 0 Å². The van der Waals surface area contributed by atoms with E-state index in [4.69, 9.17) is 4.74 Å². The van der Waals surface area contributed by atoms with Gasteiger partial charge in [0.15, 0.2) is 6.61 Å². The highest BCUT2D eigenvalue weighted by molar-refractivity contribution is 5.79. The largest absolute Gasteiger partial charge is 0.508 e. The molecule has 0 bridgehead atoms. The lowest BCUT2D eigenvalue weighted by atomic mass is 9.76. The number of hydrogen-bond donors (Lipinski definition) is 1. The van der Waals surface area contributed by atoms with Crippen molar-refractivity contribution in [3.8, 4) is 17.6 Å². The van der Waals surface area contributed by atoms with E-state index < -0.39 is 0 Å². The summed E-state index contributed by atoms with van der Waals surface area (Å²) in [6, 6.07) is 7.16. The summed E-state index contributed by atoms with van der Waals surface area (Å²) >= 11 is 0. The Bertz CT molecular complexity index is 719. The summed E-state index contributed by atoms with van der Waals surface area (Å²) in [5, 5.41) is 10.3. The van der Waals surface area contributed by atoms with Gasteiger partial charge in [-0.3, -0.25) is 9.69 Å². The summed E-state index contributed by atoms with van der Waals surface area (Å²) in [6.07, 6.45) is 6.92. The Hall–Kier alpha value is -1.99. The molecule has 27 heavy (non-hydrogen) atoms. The zero-order valence-corrected chi connectivity index (χ0v) is 15.9. The first-order chi connectivity index (χ1) is 13.2. The molecule has 0 spiro atoms. The van der Waals surface area contributed by atoms with Gasteiger partial charge in [0.05, 0.1) is 12.5 Å². The summed E-state index contributed by atoms with van der Waals surface area (Å²) in [7, 11) is 0. The van der Waals surface area contributed by atoms with Gasteiger partial charge < -0.3 is 9.84 Å². The van der Waals surface area contributed by atoms with Crippen LogP contribution in [0.4, 0.5) is 0 Å². The van der Waals surface area contributed by atoms with Crippen LogP contribution in [0.5, 0.6) is 5.75 Å². The zero-order chi connectivity index (χ0) is 18.6. The molecule has 4 heteroatoms. The number of benzene rings is 1. The number of likely N-dealkylation sites (tertiary alicyclic amines) is 1. The SMILES string of the molecule is O=C(OCC#CCN1C[C@H]2C[C@H]2C1)C(c1ccccc1O)C1CCCCC1. The van der Waals surface area contributed by atoms with E-state index in [1.807, 2.05) is 12.1 Å². The molecule has 2 aliphatic carbocycles. The van der Waals surface area contributed by atoms with Crippen molar-refractivity contribution >= 4 is 5.97 Å². The van der Waals surface area contributed by atoms with Crippen LogP contribution in [0.25, 0.3) is 0 Å². The van der Waals surface area contributed by atoms with E-state index in [-0.39, 0.29) is 30.2 Å². The van der Waals surface area contributed by atoms with E-state index in [2.05, 4.69) is 16.7 Å². The van der Waals surface area contributed by atoms with Crippen molar-refractivity contribution in [3.05, 3.63) is 29.8 Å². The van der Waals surface area contributed by atoms with Gasteiger partial charge in [0, 0.05) is 18.7 Å². The van der Waals surface area contributed by atoms with Crippen LogP contribution < -0.4 is 0 Å². The Morgan fingerprint density at radius 3 is 2.63 bits per heavy atom. The summed E-state index contributed by atoms with van der Waals surface area (Å²) in [5.41, 5.74) is 0.693. The van der Waals surface area contributed by atoms with Crippen LogP contribution in [0.15, 0.2) is 24.3 Å². The van der Waals surface area contributed by atoms with Crippen molar-refractivity contribution in [2.45, 2.75) is 44.4 Å². The van der Waals surface area contributed by atoms with Gasteiger partial charge in [-0.1, -0.05) is 49.3 Å². The van der Waals surface area contributed by atoms with E-state index in [1.54, 1.807) is 12.1 Å². The molecule has 3 aliphatic rings. The molecule has 1 aliphatic heterocycles. The number of para-hydroxylation sites is 1. The average Bonchev–Trinajstić information content (AvgIpc) is 3.30. The van der Waals surface area contributed by atoms with Gasteiger partial charge in [-0.05, 0) is 43.1 Å². The second-order valence-corrected chi connectivity index (χ2v) is 8.35. The van der Waals surface area contributed by atoms with Crippen LogP contribution in [0.1, 0.15) is 50.0 Å². The Kier molecular flexibility index (Phi) is 5.69. The van der Waals surface area contributed by atoms with Crippen LogP contribution in [0.3, 0.4) is 0 Å². The van der Waals surface area contributed by atoms with Gasteiger partial charge in [0.1, 0.15) is 5.75 Å². The molecule has 1 saturated heterocycles. The number of rotatable bonds is 5. The topological polar surface area (TPSA) is 49.8 Å². The Labute approximate surface area is 161 Å². The average molecular weight is 367 g/mol.